The quantitative estimate of drug-likeness (QED) is 0.0862. The van der Waals surface area contributed by atoms with Crippen LogP contribution in [-0.2, 0) is 24.9 Å². The Labute approximate surface area is 247 Å². The number of allylic oxidation sites excluding steroid dienone is 2. The number of ketones is 1. The molecule has 0 atom stereocenters. The summed E-state index contributed by atoms with van der Waals surface area (Å²) in [5, 5.41) is 13.6. The van der Waals surface area contributed by atoms with Crippen LogP contribution in [0.4, 0.5) is 0 Å². The van der Waals surface area contributed by atoms with Gasteiger partial charge in [-0.15, -0.1) is 35.9 Å². The second kappa shape index (κ2) is 14.0. The van der Waals surface area contributed by atoms with Crippen molar-refractivity contribution < 1.29 is 30.0 Å². The van der Waals surface area contributed by atoms with Gasteiger partial charge in [-0.25, -0.2) is 4.98 Å². The molecule has 0 spiro atoms. The van der Waals surface area contributed by atoms with E-state index in [-0.39, 0.29) is 42.5 Å². The third kappa shape index (κ3) is 7.21. The second-order valence-electron chi connectivity index (χ2n) is 10.6. The Hall–Kier alpha value is -2.88. The molecular weight excluding hydrogens is 661 g/mol. The molecule has 39 heavy (non-hydrogen) atoms. The van der Waals surface area contributed by atoms with E-state index in [0.717, 1.165) is 53.2 Å². The molecule has 1 radical (unpaired) electrons. The standard InChI is InChI=1S/C19H13N2.C15H28O2.Ir/c1-13-7-9-16-15(11-13)8-10-17-18(20-12-21-19(16)17)14-5-3-2-4-6-14;1-7-14(5,8-2)12(16)11-13(17)15(6,9-3)10-4;/h2-5,7-12H,1H3;11,16H,7-10H2,1-6H3;/q-1;;/b;12-11-;. The molecule has 3 aromatic carbocycles. The number of carbonyl (C=O) groups excluding carboxylic acids is 1. The molecule has 4 aromatic rings. The van der Waals surface area contributed by atoms with Gasteiger partial charge in [0.2, 0.25) is 0 Å². The molecule has 0 saturated carbocycles. The third-order valence-corrected chi connectivity index (χ3v) is 8.34. The molecule has 1 aromatic heterocycles. The molecule has 209 valence electrons. The first kappa shape index (κ1) is 32.3. The van der Waals surface area contributed by atoms with Crippen LogP contribution in [0.25, 0.3) is 32.9 Å². The number of aliphatic hydroxyl groups is 1. The van der Waals surface area contributed by atoms with E-state index in [1.165, 1.54) is 17.0 Å². The summed E-state index contributed by atoms with van der Waals surface area (Å²) in [6.45, 7) is 14.2. The summed E-state index contributed by atoms with van der Waals surface area (Å²) >= 11 is 0. The van der Waals surface area contributed by atoms with Crippen LogP contribution >= 0.6 is 0 Å². The van der Waals surface area contributed by atoms with Crippen LogP contribution in [0.3, 0.4) is 0 Å². The van der Waals surface area contributed by atoms with Gasteiger partial charge in [-0.3, -0.25) is 9.78 Å². The molecule has 1 heterocycles. The molecule has 4 nitrogen and oxygen atoms in total. The van der Waals surface area contributed by atoms with Crippen LogP contribution in [-0.4, -0.2) is 20.9 Å². The van der Waals surface area contributed by atoms with Gasteiger partial charge in [0.1, 0.15) is 12.1 Å². The van der Waals surface area contributed by atoms with E-state index < -0.39 is 0 Å². The van der Waals surface area contributed by atoms with Gasteiger partial charge in [0.05, 0.1) is 5.52 Å². The first-order valence-corrected chi connectivity index (χ1v) is 13.7. The van der Waals surface area contributed by atoms with Gasteiger partial charge >= 0.3 is 0 Å². The average Bonchev–Trinajstić information content (AvgIpc) is 2.96. The predicted octanol–water partition coefficient (Wildman–Crippen LogP) is 9.21. The van der Waals surface area contributed by atoms with Crippen LogP contribution < -0.4 is 0 Å². The Bertz CT molecular complexity index is 1420. The molecule has 0 fully saturated rings. The minimum absolute atomic E-state index is 0. The zero-order chi connectivity index (χ0) is 27.9. The fourth-order valence-electron chi connectivity index (χ4n) is 4.42. The number of nitrogens with zero attached hydrogens (tertiary/aromatic N) is 2. The fraction of sp³-hybridized carbons (Fsp3) is 0.382. The summed E-state index contributed by atoms with van der Waals surface area (Å²) in [4.78, 5) is 21.1. The number of fused-ring (bicyclic) bond motifs is 3. The van der Waals surface area contributed by atoms with Crippen LogP contribution in [0.15, 0.2) is 72.8 Å². The third-order valence-electron chi connectivity index (χ3n) is 8.34. The number of aromatic nitrogens is 2. The number of hydrogen-bond donors (Lipinski definition) is 1. The van der Waals surface area contributed by atoms with Crippen LogP contribution in [0.2, 0.25) is 0 Å². The summed E-state index contributed by atoms with van der Waals surface area (Å²) in [6, 6.07) is 21.8. The molecule has 0 aliphatic rings. The molecule has 0 bridgehead atoms. The van der Waals surface area contributed by atoms with Gasteiger partial charge in [-0.1, -0.05) is 77.4 Å². The molecule has 0 amide bonds. The maximum Gasteiger partial charge on any atom is 0.164 e. The number of aryl methyl sites for hydroxylation is 1. The van der Waals surface area contributed by atoms with Gasteiger partial charge in [-0.2, -0.15) is 0 Å². The van der Waals surface area contributed by atoms with Gasteiger partial charge in [0.25, 0.3) is 0 Å². The van der Waals surface area contributed by atoms with Crippen molar-refractivity contribution in [3.63, 3.8) is 0 Å². The Morgan fingerprint density at radius 1 is 0.897 bits per heavy atom. The zero-order valence-electron chi connectivity index (χ0n) is 24.3. The van der Waals surface area contributed by atoms with Crippen molar-refractivity contribution in [1.82, 2.24) is 9.97 Å². The Balaban J connectivity index is 0.000000275. The monoisotopic (exact) mass is 702 g/mol. The smallest absolute Gasteiger partial charge is 0.164 e. The van der Waals surface area contributed by atoms with E-state index in [1.54, 1.807) is 6.33 Å². The van der Waals surface area contributed by atoms with Crippen molar-refractivity contribution >= 4 is 27.5 Å². The minimum Gasteiger partial charge on any atom is -0.512 e. The summed E-state index contributed by atoms with van der Waals surface area (Å²) in [7, 11) is 0. The SMILES string of the molecule is CCC(C)(CC)C(=O)/C=C(\O)C(C)(CC)CC.Cc1ccc2c(ccc3c(-c4[c-]cccc4)ncnc32)c1.[Ir]. The van der Waals surface area contributed by atoms with Crippen molar-refractivity contribution in [3.05, 3.63) is 84.4 Å². The van der Waals surface area contributed by atoms with Gasteiger partial charge in [-0.05, 0) is 49.1 Å². The average molecular weight is 702 g/mol. The maximum atomic E-state index is 12.2. The van der Waals surface area contributed by atoms with Crippen LogP contribution in [0.5, 0.6) is 0 Å². The molecule has 1 N–H and O–H groups in total. The molecule has 4 rings (SSSR count). The molecule has 0 aliphatic heterocycles. The minimum atomic E-state index is -0.337. The van der Waals surface area contributed by atoms with Crippen molar-refractivity contribution in [2.24, 2.45) is 10.8 Å². The van der Waals surface area contributed by atoms with Gasteiger partial charge in [0, 0.05) is 42.4 Å². The van der Waals surface area contributed by atoms with E-state index in [1.807, 2.05) is 65.8 Å². The normalized spacial score (nSPS) is 12.0. The maximum absolute atomic E-state index is 12.2. The van der Waals surface area contributed by atoms with Crippen molar-refractivity contribution in [3.8, 4) is 11.3 Å². The van der Waals surface area contributed by atoms with Crippen LogP contribution in [0, 0.1) is 23.8 Å². The first-order valence-electron chi connectivity index (χ1n) is 13.7. The topological polar surface area (TPSA) is 63.1 Å². The Morgan fingerprint density at radius 2 is 1.54 bits per heavy atom. The number of hydrogen-bond acceptors (Lipinski definition) is 4. The summed E-state index contributed by atoms with van der Waals surface area (Å²) in [5.74, 6) is 0.286. The van der Waals surface area contributed by atoms with E-state index in [9.17, 15) is 9.90 Å². The van der Waals surface area contributed by atoms with Crippen molar-refractivity contribution in [1.29, 1.82) is 0 Å². The number of carbonyl (C=O) groups is 1. The molecule has 0 unspecified atom stereocenters. The number of aliphatic hydroxyl groups excluding tert-OH is 1. The molecule has 0 saturated heterocycles. The Kier molecular flexibility index (Phi) is 11.6. The Morgan fingerprint density at radius 3 is 2.13 bits per heavy atom. The van der Waals surface area contributed by atoms with Gasteiger partial charge in [0.15, 0.2) is 5.78 Å². The summed E-state index contributed by atoms with van der Waals surface area (Å²) in [6.07, 6.45) is 6.39. The molecule has 0 aliphatic carbocycles. The van der Waals surface area contributed by atoms with E-state index >= 15 is 0 Å². The second-order valence-corrected chi connectivity index (χ2v) is 10.6. The fourth-order valence-corrected chi connectivity index (χ4v) is 4.42. The summed E-state index contributed by atoms with van der Waals surface area (Å²) in [5.41, 5.74) is 3.58. The van der Waals surface area contributed by atoms with E-state index in [2.05, 4.69) is 53.3 Å². The first-order chi connectivity index (χ1) is 18.1. The molecule has 5 heteroatoms. The number of benzene rings is 3. The van der Waals surface area contributed by atoms with Gasteiger partial charge < -0.3 is 5.11 Å². The van der Waals surface area contributed by atoms with Crippen molar-refractivity contribution in [2.45, 2.75) is 74.1 Å². The summed E-state index contributed by atoms with van der Waals surface area (Å²) < 4.78 is 0. The van der Waals surface area contributed by atoms with Crippen LogP contribution in [0.1, 0.15) is 72.8 Å². The largest absolute Gasteiger partial charge is 0.512 e. The number of rotatable bonds is 8. The zero-order valence-corrected chi connectivity index (χ0v) is 26.7. The van der Waals surface area contributed by atoms with E-state index in [0.29, 0.717) is 0 Å². The molecular formula is C34H41IrN2O2-. The predicted molar refractivity (Wildman–Crippen MR) is 159 cm³/mol. The van der Waals surface area contributed by atoms with Crippen molar-refractivity contribution in [2.75, 3.05) is 0 Å². The van der Waals surface area contributed by atoms with E-state index in [4.69, 9.17) is 0 Å².